The van der Waals surface area contributed by atoms with Gasteiger partial charge in [-0.1, -0.05) is 18.2 Å². The SMILES string of the molecule is OCCN1CCN(c2ccccc2)CC1. The van der Waals surface area contributed by atoms with E-state index in [-0.39, 0.29) is 6.61 Å². The number of anilines is 1. The zero-order valence-electron chi connectivity index (χ0n) is 8.97. The molecule has 0 radical (unpaired) electrons. The molecule has 1 saturated heterocycles. The van der Waals surface area contributed by atoms with E-state index in [4.69, 9.17) is 5.11 Å². The van der Waals surface area contributed by atoms with E-state index in [2.05, 4.69) is 34.1 Å². The van der Waals surface area contributed by atoms with Crippen LogP contribution in [0.3, 0.4) is 0 Å². The molecule has 1 aromatic rings. The standard InChI is InChI=1S/C12H18N2O/c15-11-10-13-6-8-14(9-7-13)12-4-2-1-3-5-12/h1-5,15H,6-11H2. The Bertz CT molecular complexity index is 281. The van der Waals surface area contributed by atoms with E-state index in [1.165, 1.54) is 5.69 Å². The summed E-state index contributed by atoms with van der Waals surface area (Å²) < 4.78 is 0. The van der Waals surface area contributed by atoms with Gasteiger partial charge >= 0.3 is 0 Å². The summed E-state index contributed by atoms with van der Waals surface area (Å²) >= 11 is 0. The molecule has 2 rings (SSSR count). The van der Waals surface area contributed by atoms with Crippen molar-refractivity contribution >= 4 is 5.69 Å². The van der Waals surface area contributed by atoms with Crippen LogP contribution in [0.25, 0.3) is 0 Å². The molecule has 1 N–H and O–H groups in total. The maximum Gasteiger partial charge on any atom is 0.0558 e. The van der Waals surface area contributed by atoms with Crippen LogP contribution in [0.1, 0.15) is 0 Å². The Labute approximate surface area is 90.9 Å². The van der Waals surface area contributed by atoms with Crippen LogP contribution < -0.4 is 4.90 Å². The summed E-state index contributed by atoms with van der Waals surface area (Å²) in [6.07, 6.45) is 0. The second-order valence-corrected chi connectivity index (χ2v) is 3.89. The molecule has 0 bridgehead atoms. The number of benzene rings is 1. The number of hydrogen-bond acceptors (Lipinski definition) is 3. The number of piperazine rings is 1. The normalized spacial score (nSPS) is 18.1. The Kier molecular flexibility index (Phi) is 3.59. The number of nitrogens with zero attached hydrogens (tertiary/aromatic N) is 2. The first kappa shape index (κ1) is 10.5. The highest BCUT2D eigenvalue weighted by Gasteiger charge is 2.15. The van der Waals surface area contributed by atoms with E-state index in [0.717, 1.165) is 32.7 Å². The third kappa shape index (κ3) is 2.70. The summed E-state index contributed by atoms with van der Waals surface area (Å²) in [4.78, 5) is 4.70. The zero-order chi connectivity index (χ0) is 10.5. The average Bonchev–Trinajstić information content (AvgIpc) is 2.32. The molecule has 82 valence electrons. The summed E-state index contributed by atoms with van der Waals surface area (Å²) in [5.41, 5.74) is 1.31. The number of β-amino-alcohol motifs (C(OH)–C–C–N with tert-alkyl or cyclic N) is 1. The fraction of sp³-hybridized carbons (Fsp3) is 0.500. The molecule has 1 heterocycles. The van der Waals surface area contributed by atoms with Crippen molar-refractivity contribution in [1.82, 2.24) is 4.90 Å². The summed E-state index contributed by atoms with van der Waals surface area (Å²) in [5, 5.41) is 8.85. The first-order valence-corrected chi connectivity index (χ1v) is 5.53. The Hall–Kier alpha value is -1.06. The Morgan fingerprint density at radius 2 is 1.67 bits per heavy atom. The summed E-state index contributed by atoms with van der Waals surface area (Å²) in [5.74, 6) is 0. The first-order valence-electron chi connectivity index (χ1n) is 5.53. The highest BCUT2D eigenvalue weighted by molar-refractivity contribution is 5.46. The maximum atomic E-state index is 8.85. The van der Waals surface area contributed by atoms with Gasteiger partial charge in [-0.25, -0.2) is 0 Å². The smallest absolute Gasteiger partial charge is 0.0558 e. The number of para-hydroxylation sites is 1. The van der Waals surface area contributed by atoms with Gasteiger partial charge in [-0.15, -0.1) is 0 Å². The second kappa shape index (κ2) is 5.14. The van der Waals surface area contributed by atoms with E-state index in [1.54, 1.807) is 0 Å². The summed E-state index contributed by atoms with van der Waals surface area (Å²) in [6, 6.07) is 10.5. The third-order valence-electron chi connectivity index (χ3n) is 2.91. The monoisotopic (exact) mass is 206 g/mol. The molecule has 3 heteroatoms. The van der Waals surface area contributed by atoms with E-state index < -0.39 is 0 Å². The zero-order valence-corrected chi connectivity index (χ0v) is 8.97. The minimum absolute atomic E-state index is 0.269. The fourth-order valence-corrected chi connectivity index (χ4v) is 2.01. The van der Waals surface area contributed by atoms with Crippen molar-refractivity contribution in [3.63, 3.8) is 0 Å². The lowest BCUT2D eigenvalue weighted by molar-refractivity contribution is 0.189. The van der Waals surface area contributed by atoms with Gasteiger partial charge in [0, 0.05) is 38.4 Å². The molecule has 0 amide bonds. The Balaban J connectivity index is 1.88. The number of aliphatic hydroxyl groups is 1. The van der Waals surface area contributed by atoms with E-state index in [1.807, 2.05) is 6.07 Å². The second-order valence-electron chi connectivity index (χ2n) is 3.89. The van der Waals surface area contributed by atoms with Crippen molar-refractivity contribution in [2.75, 3.05) is 44.2 Å². The lowest BCUT2D eigenvalue weighted by Crippen LogP contribution is -2.47. The molecular weight excluding hydrogens is 188 g/mol. The van der Waals surface area contributed by atoms with Crippen molar-refractivity contribution in [2.45, 2.75) is 0 Å². The fourth-order valence-electron chi connectivity index (χ4n) is 2.01. The Morgan fingerprint density at radius 3 is 2.27 bits per heavy atom. The van der Waals surface area contributed by atoms with Crippen molar-refractivity contribution < 1.29 is 5.11 Å². The van der Waals surface area contributed by atoms with Gasteiger partial charge in [-0.3, -0.25) is 4.90 Å². The van der Waals surface area contributed by atoms with Crippen LogP contribution in [0.15, 0.2) is 30.3 Å². The molecular formula is C12H18N2O. The molecule has 0 aliphatic carbocycles. The van der Waals surface area contributed by atoms with Crippen molar-refractivity contribution in [3.05, 3.63) is 30.3 Å². The molecule has 1 aliphatic heterocycles. The largest absolute Gasteiger partial charge is 0.395 e. The van der Waals surface area contributed by atoms with E-state index in [9.17, 15) is 0 Å². The molecule has 0 unspecified atom stereocenters. The van der Waals surface area contributed by atoms with E-state index >= 15 is 0 Å². The number of rotatable bonds is 3. The Morgan fingerprint density at radius 1 is 1.00 bits per heavy atom. The maximum absolute atomic E-state index is 8.85. The van der Waals surface area contributed by atoms with Crippen LogP contribution in [0.2, 0.25) is 0 Å². The predicted octanol–water partition coefficient (Wildman–Crippen LogP) is 0.801. The molecule has 3 nitrogen and oxygen atoms in total. The van der Waals surface area contributed by atoms with Gasteiger partial charge in [-0.05, 0) is 12.1 Å². The average molecular weight is 206 g/mol. The van der Waals surface area contributed by atoms with Crippen LogP contribution in [0.4, 0.5) is 5.69 Å². The number of hydrogen-bond donors (Lipinski definition) is 1. The lowest BCUT2D eigenvalue weighted by Gasteiger charge is -2.35. The highest BCUT2D eigenvalue weighted by Crippen LogP contribution is 2.15. The van der Waals surface area contributed by atoms with Gasteiger partial charge in [-0.2, -0.15) is 0 Å². The number of aliphatic hydroxyl groups excluding tert-OH is 1. The highest BCUT2D eigenvalue weighted by atomic mass is 16.3. The molecule has 0 spiro atoms. The topological polar surface area (TPSA) is 26.7 Å². The molecule has 1 fully saturated rings. The van der Waals surface area contributed by atoms with Crippen LogP contribution in [-0.2, 0) is 0 Å². The van der Waals surface area contributed by atoms with Gasteiger partial charge in [0.2, 0.25) is 0 Å². The van der Waals surface area contributed by atoms with Crippen molar-refractivity contribution in [1.29, 1.82) is 0 Å². The van der Waals surface area contributed by atoms with E-state index in [0.29, 0.717) is 0 Å². The lowest BCUT2D eigenvalue weighted by atomic mass is 10.2. The minimum Gasteiger partial charge on any atom is -0.395 e. The minimum atomic E-state index is 0.269. The van der Waals surface area contributed by atoms with Crippen LogP contribution in [0, 0.1) is 0 Å². The quantitative estimate of drug-likeness (QED) is 0.792. The van der Waals surface area contributed by atoms with Crippen LogP contribution in [-0.4, -0.2) is 49.3 Å². The molecule has 0 aromatic heterocycles. The first-order chi connectivity index (χ1) is 7.40. The van der Waals surface area contributed by atoms with Gasteiger partial charge in [0.15, 0.2) is 0 Å². The third-order valence-corrected chi connectivity index (χ3v) is 2.91. The molecule has 15 heavy (non-hydrogen) atoms. The predicted molar refractivity (Wildman–Crippen MR) is 62.2 cm³/mol. The van der Waals surface area contributed by atoms with Crippen LogP contribution >= 0.6 is 0 Å². The van der Waals surface area contributed by atoms with Gasteiger partial charge in [0.25, 0.3) is 0 Å². The summed E-state index contributed by atoms with van der Waals surface area (Å²) in [7, 11) is 0. The van der Waals surface area contributed by atoms with Gasteiger partial charge < -0.3 is 10.0 Å². The molecule has 0 atom stereocenters. The van der Waals surface area contributed by atoms with Crippen molar-refractivity contribution in [2.24, 2.45) is 0 Å². The van der Waals surface area contributed by atoms with Gasteiger partial charge in [0.05, 0.1) is 6.61 Å². The molecule has 0 saturated carbocycles. The van der Waals surface area contributed by atoms with Gasteiger partial charge in [0.1, 0.15) is 0 Å². The van der Waals surface area contributed by atoms with Crippen molar-refractivity contribution in [3.8, 4) is 0 Å². The summed E-state index contributed by atoms with van der Waals surface area (Å²) in [6.45, 7) is 5.30. The van der Waals surface area contributed by atoms with Crippen LogP contribution in [0.5, 0.6) is 0 Å². The molecule has 1 aromatic carbocycles. The molecule has 1 aliphatic rings.